The minimum Gasteiger partial charge on any atom is -0.320 e. The standard InChI is InChI=1S/C21H18ClN3O2/c1-13-10-11-16(14(2)12-13)24-20(26)18-8-5-9-19(23-18)21(27)25-17-7-4-3-6-15(17)22/h3-12H,1-2H3,(H,24,26)(H,25,27). The number of hydrogen-bond donors (Lipinski definition) is 2. The number of pyridine rings is 1. The van der Waals surface area contributed by atoms with E-state index < -0.39 is 5.91 Å². The molecule has 0 fully saturated rings. The number of carbonyl (C=O) groups is 2. The molecule has 1 aromatic heterocycles. The van der Waals surface area contributed by atoms with Gasteiger partial charge in [0.2, 0.25) is 0 Å². The molecular weight excluding hydrogens is 362 g/mol. The quantitative estimate of drug-likeness (QED) is 0.680. The van der Waals surface area contributed by atoms with Crippen molar-refractivity contribution in [3.63, 3.8) is 0 Å². The molecule has 0 saturated carbocycles. The van der Waals surface area contributed by atoms with E-state index in [1.165, 1.54) is 0 Å². The van der Waals surface area contributed by atoms with E-state index in [1.807, 2.05) is 32.0 Å². The molecule has 3 rings (SSSR count). The lowest BCUT2D eigenvalue weighted by atomic mass is 10.1. The molecule has 0 radical (unpaired) electrons. The molecule has 27 heavy (non-hydrogen) atoms. The lowest BCUT2D eigenvalue weighted by Gasteiger charge is -2.10. The summed E-state index contributed by atoms with van der Waals surface area (Å²) >= 11 is 6.05. The van der Waals surface area contributed by atoms with Crippen molar-refractivity contribution in [1.82, 2.24) is 4.98 Å². The summed E-state index contributed by atoms with van der Waals surface area (Å²) in [6, 6.07) is 17.4. The molecule has 2 aromatic carbocycles. The number of para-hydroxylation sites is 1. The van der Waals surface area contributed by atoms with E-state index in [4.69, 9.17) is 11.6 Å². The van der Waals surface area contributed by atoms with Gasteiger partial charge in [-0.2, -0.15) is 0 Å². The molecule has 5 nitrogen and oxygen atoms in total. The predicted octanol–water partition coefficient (Wildman–Crippen LogP) is 4.86. The third-order valence-electron chi connectivity index (χ3n) is 3.97. The third kappa shape index (κ3) is 4.51. The molecule has 0 saturated heterocycles. The molecule has 0 bridgehead atoms. The van der Waals surface area contributed by atoms with E-state index in [-0.39, 0.29) is 17.3 Å². The van der Waals surface area contributed by atoms with Crippen LogP contribution in [0.2, 0.25) is 5.02 Å². The minimum absolute atomic E-state index is 0.128. The number of carbonyl (C=O) groups excluding carboxylic acids is 2. The van der Waals surface area contributed by atoms with Crippen LogP contribution in [0.4, 0.5) is 11.4 Å². The normalized spacial score (nSPS) is 10.3. The van der Waals surface area contributed by atoms with E-state index in [1.54, 1.807) is 42.5 Å². The number of nitrogens with zero attached hydrogens (tertiary/aromatic N) is 1. The first-order valence-corrected chi connectivity index (χ1v) is 8.73. The molecule has 6 heteroatoms. The first kappa shape index (κ1) is 18.6. The number of amides is 2. The van der Waals surface area contributed by atoms with Crippen LogP contribution in [0.3, 0.4) is 0 Å². The fraction of sp³-hybridized carbons (Fsp3) is 0.0952. The summed E-state index contributed by atoms with van der Waals surface area (Å²) in [5.41, 5.74) is 3.54. The Morgan fingerprint density at radius 2 is 1.44 bits per heavy atom. The molecular formula is C21H18ClN3O2. The maximum Gasteiger partial charge on any atom is 0.274 e. The van der Waals surface area contributed by atoms with Gasteiger partial charge in [-0.15, -0.1) is 0 Å². The minimum atomic E-state index is -0.440. The van der Waals surface area contributed by atoms with Crippen LogP contribution in [0.5, 0.6) is 0 Å². The van der Waals surface area contributed by atoms with Gasteiger partial charge in [-0.25, -0.2) is 4.98 Å². The maximum absolute atomic E-state index is 12.5. The summed E-state index contributed by atoms with van der Waals surface area (Å²) in [4.78, 5) is 29.1. The molecule has 0 unspecified atom stereocenters. The van der Waals surface area contributed by atoms with Gasteiger partial charge in [0.25, 0.3) is 11.8 Å². The number of hydrogen-bond acceptors (Lipinski definition) is 3. The average molecular weight is 380 g/mol. The summed E-state index contributed by atoms with van der Waals surface area (Å²) in [7, 11) is 0. The molecule has 1 heterocycles. The molecule has 3 aromatic rings. The van der Waals surface area contributed by atoms with Crippen LogP contribution < -0.4 is 10.6 Å². The summed E-state index contributed by atoms with van der Waals surface area (Å²) in [6.07, 6.45) is 0. The Labute approximate surface area is 162 Å². The predicted molar refractivity (Wildman–Crippen MR) is 108 cm³/mol. The SMILES string of the molecule is Cc1ccc(NC(=O)c2cccc(C(=O)Nc3ccccc3Cl)n2)c(C)c1. The van der Waals surface area contributed by atoms with Crippen molar-refractivity contribution in [2.24, 2.45) is 0 Å². The fourth-order valence-corrected chi connectivity index (χ4v) is 2.76. The Morgan fingerprint density at radius 3 is 2.07 bits per heavy atom. The van der Waals surface area contributed by atoms with Crippen molar-refractivity contribution in [1.29, 1.82) is 0 Å². The van der Waals surface area contributed by atoms with E-state index >= 15 is 0 Å². The molecule has 2 amide bonds. The molecule has 0 atom stereocenters. The molecule has 2 N–H and O–H groups in total. The average Bonchev–Trinajstić information content (AvgIpc) is 2.66. The number of aryl methyl sites for hydroxylation is 2. The highest BCUT2D eigenvalue weighted by atomic mass is 35.5. The Morgan fingerprint density at radius 1 is 0.815 bits per heavy atom. The van der Waals surface area contributed by atoms with Crippen LogP contribution >= 0.6 is 11.6 Å². The number of anilines is 2. The van der Waals surface area contributed by atoms with Crippen molar-refractivity contribution in [3.8, 4) is 0 Å². The van der Waals surface area contributed by atoms with Crippen LogP contribution in [0.25, 0.3) is 0 Å². The number of rotatable bonds is 4. The summed E-state index contributed by atoms with van der Waals surface area (Å²) in [5, 5.41) is 5.94. The Kier molecular flexibility index (Phi) is 5.52. The Bertz CT molecular complexity index is 1020. The monoisotopic (exact) mass is 379 g/mol. The number of aromatic nitrogens is 1. The highest BCUT2D eigenvalue weighted by Gasteiger charge is 2.14. The molecule has 0 aliphatic heterocycles. The highest BCUT2D eigenvalue weighted by molar-refractivity contribution is 6.33. The highest BCUT2D eigenvalue weighted by Crippen LogP contribution is 2.21. The Balaban J connectivity index is 1.77. The van der Waals surface area contributed by atoms with E-state index in [9.17, 15) is 9.59 Å². The lowest BCUT2D eigenvalue weighted by Crippen LogP contribution is -2.19. The summed E-state index contributed by atoms with van der Waals surface area (Å²) < 4.78 is 0. The van der Waals surface area contributed by atoms with Gasteiger partial charge in [0.1, 0.15) is 11.4 Å². The van der Waals surface area contributed by atoms with Crippen LogP contribution in [-0.2, 0) is 0 Å². The summed E-state index contributed by atoms with van der Waals surface area (Å²) in [6.45, 7) is 3.91. The van der Waals surface area contributed by atoms with Crippen LogP contribution in [0, 0.1) is 13.8 Å². The van der Waals surface area contributed by atoms with E-state index in [2.05, 4.69) is 15.6 Å². The van der Waals surface area contributed by atoms with Crippen LogP contribution in [0.1, 0.15) is 32.1 Å². The largest absolute Gasteiger partial charge is 0.320 e. The number of nitrogens with one attached hydrogen (secondary N) is 2. The maximum atomic E-state index is 12.5. The van der Waals surface area contributed by atoms with Gasteiger partial charge in [-0.3, -0.25) is 9.59 Å². The second kappa shape index (κ2) is 8.01. The second-order valence-corrected chi connectivity index (χ2v) is 6.52. The van der Waals surface area contributed by atoms with Crippen molar-refractivity contribution in [3.05, 3.63) is 88.2 Å². The second-order valence-electron chi connectivity index (χ2n) is 6.11. The Hall–Kier alpha value is -3.18. The zero-order valence-electron chi connectivity index (χ0n) is 14.9. The van der Waals surface area contributed by atoms with E-state index in [0.717, 1.165) is 11.1 Å². The van der Waals surface area contributed by atoms with Gasteiger partial charge in [0, 0.05) is 5.69 Å². The molecule has 0 spiro atoms. The van der Waals surface area contributed by atoms with Crippen molar-refractivity contribution >= 4 is 34.8 Å². The van der Waals surface area contributed by atoms with Gasteiger partial charge in [-0.05, 0) is 49.7 Å². The topological polar surface area (TPSA) is 71.1 Å². The zero-order chi connectivity index (χ0) is 19.4. The van der Waals surface area contributed by atoms with Crippen LogP contribution in [0.15, 0.2) is 60.7 Å². The van der Waals surface area contributed by atoms with Gasteiger partial charge in [0.05, 0.1) is 10.7 Å². The number of benzene rings is 2. The van der Waals surface area contributed by atoms with Gasteiger partial charge in [0.15, 0.2) is 0 Å². The third-order valence-corrected chi connectivity index (χ3v) is 4.30. The lowest BCUT2D eigenvalue weighted by molar-refractivity contribution is 0.101. The number of halogens is 1. The smallest absolute Gasteiger partial charge is 0.274 e. The van der Waals surface area contributed by atoms with Crippen molar-refractivity contribution in [2.75, 3.05) is 10.6 Å². The summed E-state index contributed by atoms with van der Waals surface area (Å²) in [5.74, 6) is -0.821. The zero-order valence-corrected chi connectivity index (χ0v) is 15.7. The van der Waals surface area contributed by atoms with Crippen molar-refractivity contribution < 1.29 is 9.59 Å². The fourth-order valence-electron chi connectivity index (χ4n) is 2.58. The first-order chi connectivity index (χ1) is 12.9. The van der Waals surface area contributed by atoms with Crippen molar-refractivity contribution in [2.45, 2.75) is 13.8 Å². The van der Waals surface area contributed by atoms with Gasteiger partial charge < -0.3 is 10.6 Å². The molecule has 0 aliphatic carbocycles. The van der Waals surface area contributed by atoms with Crippen LogP contribution in [-0.4, -0.2) is 16.8 Å². The van der Waals surface area contributed by atoms with Gasteiger partial charge in [-0.1, -0.05) is 47.5 Å². The molecule has 0 aliphatic rings. The van der Waals surface area contributed by atoms with E-state index in [0.29, 0.717) is 16.4 Å². The first-order valence-electron chi connectivity index (χ1n) is 8.35. The van der Waals surface area contributed by atoms with Gasteiger partial charge >= 0.3 is 0 Å². The molecule has 136 valence electrons.